The first-order valence-electron chi connectivity index (χ1n) is 7.22. The van der Waals surface area contributed by atoms with Gasteiger partial charge in [-0.3, -0.25) is 4.79 Å². The van der Waals surface area contributed by atoms with E-state index in [0.717, 1.165) is 12.8 Å². The maximum atomic E-state index is 12.2. The van der Waals surface area contributed by atoms with Crippen molar-refractivity contribution in [3.8, 4) is 0 Å². The first kappa shape index (κ1) is 12.9. The molecular weight excluding hydrogens is 212 g/mol. The normalized spacial score (nSPS) is 38.0. The van der Waals surface area contributed by atoms with Gasteiger partial charge in [-0.2, -0.15) is 0 Å². The zero-order valence-electron chi connectivity index (χ0n) is 11.0. The van der Waals surface area contributed by atoms with E-state index in [2.05, 4.69) is 12.2 Å². The van der Waals surface area contributed by atoms with Gasteiger partial charge in [-0.15, -0.1) is 0 Å². The van der Waals surface area contributed by atoms with Crippen LogP contribution in [-0.4, -0.2) is 18.5 Å². The molecule has 4 atom stereocenters. The summed E-state index contributed by atoms with van der Waals surface area (Å²) in [4.78, 5) is 12.2. The predicted molar refractivity (Wildman–Crippen MR) is 69.4 cm³/mol. The summed E-state index contributed by atoms with van der Waals surface area (Å²) in [7, 11) is 0. The fraction of sp³-hybridized carbons (Fsp3) is 0.929. The summed E-state index contributed by atoms with van der Waals surface area (Å²) in [5.41, 5.74) is 5.80. The highest BCUT2D eigenvalue weighted by atomic mass is 16.2. The lowest BCUT2D eigenvalue weighted by atomic mass is 9.84. The Morgan fingerprint density at radius 3 is 2.59 bits per heavy atom. The molecule has 2 fully saturated rings. The third-order valence-electron chi connectivity index (χ3n) is 4.74. The first-order chi connectivity index (χ1) is 8.22. The summed E-state index contributed by atoms with van der Waals surface area (Å²) in [5.74, 6) is 1.62. The van der Waals surface area contributed by atoms with Crippen molar-refractivity contribution in [1.82, 2.24) is 5.32 Å². The minimum absolute atomic E-state index is 0.260. The molecule has 1 amide bonds. The number of hydrogen-bond acceptors (Lipinski definition) is 2. The van der Waals surface area contributed by atoms with Gasteiger partial charge in [-0.25, -0.2) is 0 Å². The van der Waals surface area contributed by atoms with Crippen LogP contribution in [-0.2, 0) is 4.79 Å². The van der Waals surface area contributed by atoms with Crippen LogP contribution in [0.3, 0.4) is 0 Å². The van der Waals surface area contributed by atoms with E-state index in [0.29, 0.717) is 30.3 Å². The third kappa shape index (κ3) is 3.01. The van der Waals surface area contributed by atoms with Gasteiger partial charge >= 0.3 is 0 Å². The molecule has 0 aromatic carbocycles. The van der Waals surface area contributed by atoms with E-state index in [-0.39, 0.29) is 5.92 Å². The van der Waals surface area contributed by atoms with Crippen molar-refractivity contribution in [3.05, 3.63) is 0 Å². The van der Waals surface area contributed by atoms with Gasteiger partial charge in [-0.1, -0.05) is 26.2 Å². The highest BCUT2D eigenvalue weighted by Crippen LogP contribution is 2.32. The number of carbonyl (C=O) groups excluding carboxylic acids is 1. The lowest BCUT2D eigenvalue weighted by molar-refractivity contribution is -0.127. The average Bonchev–Trinajstić information content (AvgIpc) is 2.76. The van der Waals surface area contributed by atoms with E-state index >= 15 is 0 Å². The molecule has 2 saturated carbocycles. The second-order valence-electron chi connectivity index (χ2n) is 5.91. The van der Waals surface area contributed by atoms with Crippen molar-refractivity contribution >= 4 is 5.91 Å². The van der Waals surface area contributed by atoms with Crippen molar-refractivity contribution in [1.29, 1.82) is 0 Å². The average molecular weight is 238 g/mol. The molecule has 0 saturated heterocycles. The molecule has 2 rings (SSSR count). The molecule has 2 aliphatic carbocycles. The number of rotatable bonds is 3. The maximum absolute atomic E-state index is 12.2. The van der Waals surface area contributed by atoms with Gasteiger partial charge in [0.25, 0.3) is 0 Å². The summed E-state index contributed by atoms with van der Waals surface area (Å²) in [6, 6.07) is 0.342. The zero-order valence-corrected chi connectivity index (χ0v) is 11.0. The summed E-state index contributed by atoms with van der Waals surface area (Å²) >= 11 is 0. The summed E-state index contributed by atoms with van der Waals surface area (Å²) < 4.78 is 0. The summed E-state index contributed by atoms with van der Waals surface area (Å²) in [6.45, 7) is 2.92. The lowest BCUT2D eigenvalue weighted by Gasteiger charge is -2.32. The van der Waals surface area contributed by atoms with Gasteiger partial charge in [0.2, 0.25) is 5.91 Å². The Labute approximate surface area is 105 Å². The number of nitrogens with two attached hydrogens (primary N) is 1. The molecule has 0 aromatic heterocycles. The SMILES string of the molecule is CC1CCCC1C(=O)NC1CCCCC1CN. The number of nitrogens with one attached hydrogen (secondary N) is 1. The van der Waals surface area contributed by atoms with Crippen molar-refractivity contribution in [2.24, 2.45) is 23.5 Å². The molecule has 3 N–H and O–H groups in total. The van der Waals surface area contributed by atoms with Crippen molar-refractivity contribution in [3.63, 3.8) is 0 Å². The Morgan fingerprint density at radius 2 is 1.94 bits per heavy atom. The molecule has 3 heteroatoms. The van der Waals surface area contributed by atoms with Crippen LogP contribution in [0, 0.1) is 17.8 Å². The van der Waals surface area contributed by atoms with E-state index < -0.39 is 0 Å². The standard InChI is InChI=1S/C14H26N2O/c1-10-5-4-7-12(10)14(17)16-13-8-3-2-6-11(13)9-15/h10-13H,2-9,15H2,1H3,(H,16,17). The van der Waals surface area contributed by atoms with E-state index in [1.165, 1.54) is 32.1 Å². The Morgan fingerprint density at radius 1 is 1.18 bits per heavy atom. The largest absolute Gasteiger partial charge is 0.353 e. The Balaban J connectivity index is 1.88. The Bertz CT molecular complexity index is 267. The van der Waals surface area contributed by atoms with Crippen LogP contribution in [0.2, 0.25) is 0 Å². The summed E-state index contributed by atoms with van der Waals surface area (Å²) in [6.07, 6.45) is 8.31. The molecular formula is C14H26N2O. The van der Waals surface area contributed by atoms with E-state index in [4.69, 9.17) is 5.73 Å². The minimum Gasteiger partial charge on any atom is -0.353 e. The van der Waals surface area contributed by atoms with Crippen molar-refractivity contribution in [2.45, 2.75) is 57.9 Å². The highest BCUT2D eigenvalue weighted by molar-refractivity contribution is 5.79. The zero-order chi connectivity index (χ0) is 12.3. The van der Waals surface area contributed by atoms with E-state index in [1.807, 2.05) is 0 Å². The fourth-order valence-electron chi connectivity index (χ4n) is 3.50. The third-order valence-corrected chi connectivity index (χ3v) is 4.74. The van der Waals surface area contributed by atoms with Crippen LogP contribution >= 0.6 is 0 Å². The monoisotopic (exact) mass is 238 g/mol. The Hall–Kier alpha value is -0.570. The molecule has 98 valence electrons. The van der Waals surface area contributed by atoms with Crippen LogP contribution in [0.25, 0.3) is 0 Å². The van der Waals surface area contributed by atoms with Crippen LogP contribution in [0.4, 0.5) is 0 Å². The second kappa shape index (κ2) is 5.85. The van der Waals surface area contributed by atoms with Gasteiger partial charge in [0.15, 0.2) is 0 Å². The van der Waals surface area contributed by atoms with Crippen molar-refractivity contribution in [2.75, 3.05) is 6.54 Å². The van der Waals surface area contributed by atoms with Gasteiger partial charge in [-0.05, 0) is 44.1 Å². The number of amides is 1. The van der Waals surface area contributed by atoms with Crippen molar-refractivity contribution < 1.29 is 4.79 Å². The highest BCUT2D eigenvalue weighted by Gasteiger charge is 2.32. The topological polar surface area (TPSA) is 55.1 Å². The second-order valence-corrected chi connectivity index (χ2v) is 5.91. The van der Waals surface area contributed by atoms with Crippen LogP contribution < -0.4 is 11.1 Å². The first-order valence-corrected chi connectivity index (χ1v) is 7.22. The van der Waals surface area contributed by atoms with Gasteiger partial charge in [0.05, 0.1) is 0 Å². The van der Waals surface area contributed by atoms with E-state index in [1.54, 1.807) is 0 Å². The fourth-order valence-corrected chi connectivity index (χ4v) is 3.50. The van der Waals surface area contributed by atoms with E-state index in [9.17, 15) is 4.79 Å². The molecule has 0 heterocycles. The maximum Gasteiger partial charge on any atom is 0.223 e. The molecule has 17 heavy (non-hydrogen) atoms. The smallest absolute Gasteiger partial charge is 0.223 e. The molecule has 2 aliphatic rings. The molecule has 0 bridgehead atoms. The lowest BCUT2D eigenvalue weighted by Crippen LogP contribution is -2.47. The molecule has 4 unspecified atom stereocenters. The number of carbonyl (C=O) groups is 1. The van der Waals surface area contributed by atoms with Gasteiger partial charge < -0.3 is 11.1 Å². The molecule has 3 nitrogen and oxygen atoms in total. The summed E-state index contributed by atoms with van der Waals surface area (Å²) in [5, 5.41) is 3.27. The predicted octanol–water partition coefficient (Wildman–Crippen LogP) is 2.06. The molecule has 0 spiro atoms. The van der Waals surface area contributed by atoms with Gasteiger partial charge in [0, 0.05) is 12.0 Å². The Kier molecular flexibility index (Phi) is 4.43. The number of hydrogen-bond donors (Lipinski definition) is 2. The van der Waals surface area contributed by atoms with Crippen LogP contribution in [0.1, 0.15) is 51.9 Å². The van der Waals surface area contributed by atoms with Gasteiger partial charge in [0.1, 0.15) is 0 Å². The van der Waals surface area contributed by atoms with Crippen LogP contribution in [0.5, 0.6) is 0 Å². The quantitative estimate of drug-likeness (QED) is 0.790. The minimum atomic E-state index is 0.260. The molecule has 0 radical (unpaired) electrons. The molecule has 0 aromatic rings. The molecule has 0 aliphatic heterocycles. The van der Waals surface area contributed by atoms with Crippen LogP contribution in [0.15, 0.2) is 0 Å².